The molecule has 1 aliphatic rings. The van der Waals surface area contributed by atoms with Crippen molar-refractivity contribution in [1.82, 2.24) is 0 Å². The van der Waals surface area contributed by atoms with Crippen LogP contribution in [0.25, 0.3) is 0 Å². The van der Waals surface area contributed by atoms with Crippen LogP contribution in [0.5, 0.6) is 5.75 Å². The summed E-state index contributed by atoms with van der Waals surface area (Å²) in [6.07, 6.45) is 0. The molecule has 2 N–H and O–H groups in total. The Hall–Kier alpha value is -3.08. The van der Waals surface area contributed by atoms with E-state index < -0.39 is 17.7 Å². The van der Waals surface area contributed by atoms with Crippen LogP contribution in [-0.2, 0) is 9.59 Å². The van der Waals surface area contributed by atoms with Crippen molar-refractivity contribution in [1.29, 1.82) is 0 Å². The third kappa shape index (κ3) is 3.21. The normalized spacial score (nSPS) is 17.1. The second kappa shape index (κ2) is 6.91. The maximum absolute atomic E-state index is 12.9. The van der Waals surface area contributed by atoms with Gasteiger partial charge in [0, 0.05) is 11.6 Å². The molecular formula is C22H23NO4. The lowest BCUT2D eigenvalue weighted by molar-refractivity contribution is -0.119. The summed E-state index contributed by atoms with van der Waals surface area (Å²) in [5.74, 6) is -1.66. The first-order valence-corrected chi connectivity index (χ1v) is 8.89. The monoisotopic (exact) mass is 365 g/mol. The maximum Gasteiger partial charge on any atom is 0.294 e. The predicted octanol–water partition coefficient (Wildman–Crippen LogP) is 4.13. The van der Waals surface area contributed by atoms with E-state index in [2.05, 4.69) is 0 Å². The van der Waals surface area contributed by atoms with E-state index >= 15 is 0 Å². The van der Waals surface area contributed by atoms with Crippen LogP contribution >= 0.6 is 0 Å². The minimum Gasteiger partial charge on any atom is -0.508 e. The first-order chi connectivity index (χ1) is 12.7. The van der Waals surface area contributed by atoms with Crippen LogP contribution in [0.2, 0.25) is 0 Å². The zero-order valence-electron chi connectivity index (χ0n) is 15.9. The van der Waals surface area contributed by atoms with Crippen LogP contribution in [0.4, 0.5) is 5.69 Å². The van der Waals surface area contributed by atoms with Crippen LogP contribution < -0.4 is 4.90 Å². The maximum atomic E-state index is 12.9. The molecule has 2 aromatic carbocycles. The molecule has 0 spiro atoms. The standard InChI is InChI=1S/C22H23NO4/c1-12(2)20(25)18-19(15-6-9-17(24)10-7-15)23(22(27)21(18)26)16-8-5-13(3)14(4)11-16/h5-12,19,24,26H,1-4H3. The summed E-state index contributed by atoms with van der Waals surface area (Å²) in [4.78, 5) is 27.2. The van der Waals surface area contributed by atoms with E-state index in [0.29, 0.717) is 11.3 Å². The first-order valence-electron chi connectivity index (χ1n) is 8.89. The molecule has 0 fully saturated rings. The molecule has 5 heteroatoms. The SMILES string of the molecule is Cc1ccc(N2C(=O)C(O)=C(C(=O)C(C)C)C2c2ccc(O)cc2)cc1C. The number of carbonyl (C=O) groups excluding carboxylic acids is 2. The van der Waals surface area contributed by atoms with E-state index in [0.717, 1.165) is 11.1 Å². The van der Waals surface area contributed by atoms with Gasteiger partial charge in [0.25, 0.3) is 5.91 Å². The van der Waals surface area contributed by atoms with Crippen molar-refractivity contribution in [2.24, 2.45) is 5.92 Å². The molecule has 0 aromatic heterocycles. The summed E-state index contributed by atoms with van der Waals surface area (Å²) in [7, 11) is 0. The fourth-order valence-corrected chi connectivity index (χ4v) is 3.28. The molecule has 1 heterocycles. The molecule has 0 saturated heterocycles. The molecular weight excluding hydrogens is 342 g/mol. The second-order valence-electron chi connectivity index (χ2n) is 7.22. The van der Waals surface area contributed by atoms with Gasteiger partial charge in [-0.3, -0.25) is 14.5 Å². The van der Waals surface area contributed by atoms with E-state index in [9.17, 15) is 19.8 Å². The Morgan fingerprint density at radius 1 is 1.00 bits per heavy atom. The highest BCUT2D eigenvalue weighted by atomic mass is 16.3. The molecule has 1 aliphatic heterocycles. The molecule has 27 heavy (non-hydrogen) atoms. The Morgan fingerprint density at radius 2 is 1.63 bits per heavy atom. The minimum absolute atomic E-state index is 0.0886. The van der Waals surface area contributed by atoms with Crippen LogP contribution in [-0.4, -0.2) is 21.9 Å². The van der Waals surface area contributed by atoms with Crippen molar-refractivity contribution >= 4 is 17.4 Å². The highest BCUT2D eigenvalue weighted by Gasteiger charge is 2.44. The van der Waals surface area contributed by atoms with E-state index in [4.69, 9.17) is 0 Å². The highest BCUT2D eigenvalue weighted by Crippen LogP contribution is 2.42. The smallest absolute Gasteiger partial charge is 0.294 e. The zero-order chi connectivity index (χ0) is 19.9. The minimum atomic E-state index is -0.741. The highest BCUT2D eigenvalue weighted by molar-refractivity contribution is 6.16. The number of aliphatic hydroxyl groups is 1. The Morgan fingerprint density at radius 3 is 2.19 bits per heavy atom. The molecule has 140 valence electrons. The lowest BCUT2D eigenvalue weighted by Crippen LogP contribution is -2.31. The number of hydrogen-bond acceptors (Lipinski definition) is 4. The number of ketones is 1. The Labute approximate surface area is 158 Å². The van der Waals surface area contributed by atoms with Gasteiger partial charge in [0.1, 0.15) is 5.75 Å². The predicted molar refractivity (Wildman–Crippen MR) is 104 cm³/mol. The zero-order valence-corrected chi connectivity index (χ0v) is 15.9. The first kappa shape index (κ1) is 18.7. The molecule has 1 unspecified atom stereocenters. The largest absolute Gasteiger partial charge is 0.508 e. The fraction of sp³-hybridized carbons (Fsp3) is 0.273. The molecule has 2 aromatic rings. The number of phenolic OH excluding ortho intramolecular Hbond substituents is 1. The Kier molecular flexibility index (Phi) is 4.79. The van der Waals surface area contributed by atoms with Crippen LogP contribution in [0, 0.1) is 19.8 Å². The van der Waals surface area contributed by atoms with Gasteiger partial charge < -0.3 is 10.2 Å². The van der Waals surface area contributed by atoms with Gasteiger partial charge in [0.15, 0.2) is 11.5 Å². The average Bonchev–Trinajstić information content (AvgIpc) is 2.89. The second-order valence-corrected chi connectivity index (χ2v) is 7.22. The third-order valence-electron chi connectivity index (χ3n) is 4.98. The molecule has 0 radical (unpaired) electrons. The fourth-order valence-electron chi connectivity index (χ4n) is 3.28. The number of aryl methyl sites for hydroxylation is 2. The number of phenols is 1. The lowest BCUT2D eigenvalue weighted by atomic mass is 9.91. The van der Waals surface area contributed by atoms with Crippen LogP contribution in [0.1, 0.15) is 36.6 Å². The number of aromatic hydroxyl groups is 1. The summed E-state index contributed by atoms with van der Waals surface area (Å²) < 4.78 is 0. The lowest BCUT2D eigenvalue weighted by Gasteiger charge is -2.28. The van der Waals surface area contributed by atoms with E-state index in [-0.39, 0.29) is 23.0 Å². The van der Waals surface area contributed by atoms with Gasteiger partial charge in [-0.05, 0) is 54.8 Å². The molecule has 0 saturated carbocycles. The van der Waals surface area contributed by atoms with E-state index in [1.807, 2.05) is 32.0 Å². The van der Waals surface area contributed by atoms with E-state index in [1.54, 1.807) is 26.0 Å². The van der Waals surface area contributed by atoms with Crippen LogP contribution in [0.15, 0.2) is 53.8 Å². The Balaban J connectivity index is 2.20. The van der Waals surface area contributed by atoms with Gasteiger partial charge in [0.2, 0.25) is 0 Å². The summed E-state index contributed by atoms with van der Waals surface area (Å²) in [5.41, 5.74) is 3.45. The number of amides is 1. The Bertz CT molecular complexity index is 941. The number of aliphatic hydroxyl groups excluding tert-OH is 1. The number of nitrogens with zero attached hydrogens (tertiary/aromatic N) is 1. The molecule has 0 bridgehead atoms. The van der Waals surface area contributed by atoms with Crippen molar-refractivity contribution < 1.29 is 19.8 Å². The number of carbonyl (C=O) groups is 2. The summed E-state index contributed by atoms with van der Waals surface area (Å²) in [5, 5.41) is 20.1. The van der Waals surface area contributed by atoms with E-state index in [1.165, 1.54) is 17.0 Å². The molecule has 1 atom stereocenters. The number of Topliss-reactive ketones (excluding diaryl/α,β-unsaturated/α-hetero) is 1. The molecule has 5 nitrogen and oxygen atoms in total. The van der Waals surface area contributed by atoms with Gasteiger partial charge in [-0.1, -0.05) is 32.0 Å². The van der Waals surface area contributed by atoms with Gasteiger partial charge in [-0.2, -0.15) is 0 Å². The average molecular weight is 365 g/mol. The number of hydrogen-bond donors (Lipinski definition) is 2. The van der Waals surface area contributed by atoms with Crippen molar-refractivity contribution in [2.75, 3.05) is 4.90 Å². The van der Waals surface area contributed by atoms with Crippen molar-refractivity contribution in [3.8, 4) is 5.75 Å². The molecule has 3 rings (SSSR count). The summed E-state index contributed by atoms with van der Waals surface area (Å²) in [6.45, 7) is 7.40. The molecule has 1 amide bonds. The van der Waals surface area contributed by atoms with Gasteiger partial charge in [0.05, 0.1) is 11.6 Å². The van der Waals surface area contributed by atoms with Crippen molar-refractivity contribution in [3.05, 3.63) is 70.5 Å². The number of anilines is 1. The number of benzene rings is 2. The topological polar surface area (TPSA) is 77.8 Å². The summed E-state index contributed by atoms with van der Waals surface area (Å²) >= 11 is 0. The van der Waals surface area contributed by atoms with Crippen molar-refractivity contribution in [2.45, 2.75) is 33.7 Å². The van der Waals surface area contributed by atoms with Crippen LogP contribution in [0.3, 0.4) is 0 Å². The van der Waals surface area contributed by atoms with Crippen molar-refractivity contribution in [3.63, 3.8) is 0 Å². The molecule has 0 aliphatic carbocycles. The third-order valence-corrected chi connectivity index (χ3v) is 4.98. The van der Waals surface area contributed by atoms with Gasteiger partial charge in [-0.25, -0.2) is 0 Å². The van der Waals surface area contributed by atoms with Gasteiger partial charge in [-0.15, -0.1) is 0 Å². The number of rotatable bonds is 4. The summed E-state index contributed by atoms with van der Waals surface area (Å²) in [6, 6.07) is 11.2. The van der Waals surface area contributed by atoms with Gasteiger partial charge >= 0.3 is 0 Å². The quantitative estimate of drug-likeness (QED) is 0.854.